The van der Waals surface area contributed by atoms with E-state index in [1.807, 2.05) is 0 Å². The first kappa shape index (κ1) is 13.4. The van der Waals surface area contributed by atoms with Gasteiger partial charge in [0, 0.05) is 0 Å². The standard InChI is InChI=1S/C17H22N2O/c1-11-7-12(2)16-13(8-11)9-14(17(20)19-16)10-18-15-5-3-4-6-15/h7-9,15,18H,3-6,10H2,1-2H3,(H,19,20)/p+1. The molecule has 0 saturated heterocycles. The molecule has 0 amide bonds. The molecule has 1 aliphatic rings. The van der Waals surface area contributed by atoms with Gasteiger partial charge in [0.05, 0.1) is 17.1 Å². The Morgan fingerprint density at radius 3 is 2.70 bits per heavy atom. The Balaban J connectivity index is 1.90. The monoisotopic (exact) mass is 271 g/mol. The van der Waals surface area contributed by atoms with Crippen LogP contribution in [0, 0.1) is 13.8 Å². The van der Waals surface area contributed by atoms with Gasteiger partial charge in [-0.2, -0.15) is 0 Å². The summed E-state index contributed by atoms with van der Waals surface area (Å²) in [6, 6.07) is 7.05. The van der Waals surface area contributed by atoms with Gasteiger partial charge in [-0.15, -0.1) is 0 Å². The summed E-state index contributed by atoms with van der Waals surface area (Å²) >= 11 is 0. The third-order valence-corrected chi connectivity index (χ3v) is 4.44. The van der Waals surface area contributed by atoms with E-state index in [4.69, 9.17) is 0 Å². The molecule has 3 nitrogen and oxygen atoms in total. The van der Waals surface area contributed by atoms with Gasteiger partial charge in [0.1, 0.15) is 6.54 Å². The van der Waals surface area contributed by atoms with E-state index in [9.17, 15) is 4.79 Å². The first-order valence-electron chi connectivity index (χ1n) is 7.60. The highest BCUT2D eigenvalue weighted by Gasteiger charge is 2.18. The van der Waals surface area contributed by atoms with Crippen LogP contribution in [0.5, 0.6) is 0 Å². The van der Waals surface area contributed by atoms with Gasteiger partial charge in [-0.1, -0.05) is 11.6 Å². The van der Waals surface area contributed by atoms with Crippen molar-refractivity contribution in [2.24, 2.45) is 0 Å². The second-order valence-corrected chi connectivity index (χ2v) is 6.15. The number of nitrogens with one attached hydrogen (secondary N) is 1. The van der Waals surface area contributed by atoms with Crippen LogP contribution in [0.3, 0.4) is 0 Å². The van der Waals surface area contributed by atoms with E-state index in [-0.39, 0.29) is 5.56 Å². The predicted molar refractivity (Wildman–Crippen MR) is 81.9 cm³/mol. The van der Waals surface area contributed by atoms with E-state index < -0.39 is 0 Å². The van der Waals surface area contributed by atoms with Crippen molar-refractivity contribution in [1.29, 1.82) is 0 Å². The summed E-state index contributed by atoms with van der Waals surface area (Å²) in [5.74, 6) is 0. The van der Waals surface area contributed by atoms with Crippen molar-refractivity contribution in [1.82, 2.24) is 4.98 Å². The average Bonchev–Trinajstić information content (AvgIpc) is 2.90. The van der Waals surface area contributed by atoms with Crippen molar-refractivity contribution in [3.05, 3.63) is 45.2 Å². The van der Waals surface area contributed by atoms with E-state index in [2.05, 4.69) is 42.3 Å². The molecule has 1 heterocycles. The fourth-order valence-corrected chi connectivity index (χ4v) is 3.37. The molecule has 0 aliphatic heterocycles. The maximum Gasteiger partial charge on any atom is 0.257 e. The molecule has 1 saturated carbocycles. The second kappa shape index (κ2) is 5.41. The van der Waals surface area contributed by atoms with Crippen LogP contribution in [-0.4, -0.2) is 11.0 Å². The van der Waals surface area contributed by atoms with Gasteiger partial charge < -0.3 is 10.3 Å². The number of aryl methyl sites for hydroxylation is 2. The van der Waals surface area contributed by atoms with Gasteiger partial charge in [0.15, 0.2) is 0 Å². The summed E-state index contributed by atoms with van der Waals surface area (Å²) in [6.45, 7) is 4.94. The third kappa shape index (κ3) is 2.63. The fourth-order valence-electron chi connectivity index (χ4n) is 3.37. The van der Waals surface area contributed by atoms with E-state index in [1.165, 1.54) is 31.2 Å². The Morgan fingerprint density at radius 2 is 1.95 bits per heavy atom. The molecule has 0 radical (unpaired) electrons. The number of aromatic nitrogens is 1. The Kier molecular flexibility index (Phi) is 3.62. The Bertz CT molecular complexity index is 681. The summed E-state index contributed by atoms with van der Waals surface area (Å²) < 4.78 is 0. The summed E-state index contributed by atoms with van der Waals surface area (Å²) in [6.07, 6.45) is 5.27. The maximum absolute atomic E-state index is 12.2. The number of pyridine rings is 1. The van der Waals surface area contributed by atoms with Crippen LogP contribution in [0.25, 0.3) is 10.9 Å². The SMILES string of the molecule is Cc1cc(C)c2[nH]c(=O)c(C[NH2+]C3CCCC3)cc2c1. The predicted octanol–water partition coefficient (Wildman–Crippen LogP) is 2.15. The third-order valence-electron chi connectivity index (χ3n) is 4.44. The van der Waals surface area contributed by atoms with Crippen LogP contribution in [0.15, 0.2) is 23.0 Å². The van der Waals surface area contributed by atoms with Crippen molar-refractivity contribution in [2.75, 3.05) is 0 Å². The number of H-pyrrole nitrogens is 1. The molecule has 0 atom stereocenters. The minimum atomic E-state index is 0.0682. The molecular formula is C17H23N2O+. The van der Waals surface area contributed by atoms with Crippen LogP contribution in [0.4, 0.5) is 0 Å². The van der Waals surface area contributed by atoms with E-state index in [0.717, 1.165) is 28.6 Å². The van der Waals surface area contributed by atoms with Crippen LogP contribution in [-0.2, 0) is 6.54 Å². The number of fused-ring (bicyclic) bond motifs is 1. The Hall–Kier alpha value is -1.61. The molecule has 0 unspecified atom stereocenters. The lowest BCUT2D eigenvalue weighted by Crippen LogP contribution is -2.88. The molecule has 0 bridgehead atoms. The molecule has 3 rings (SSSR count). The molecule has 20 heavy (non-hydrogen) atoms. The summed E-state index contributed by atoms with van der Waals surface area (Å²) in [7, 11) is 0. The highest BCUT2D eigenvalue weighted by Crippen LogP contribution is 2.18. The van der Waals surface area contributed by atoms with Crippen molar-refractivity contribution >= 4 is 10.9 Å². The molecular weight excluding hydrogens is 248 g/mol. The first-order valence-corrected chi connectivity index (χ1v) is 7.60. The average molecular weight is 271 g/mol. The minimum absolute atomic E-state index is 0.0682. The van der Waals surface area contributed by atoms with Crippen LogP contribution in [0.1, 0.15) is 42.4 Å². The fraction of sp³-hybridized carbons (Fsp3) is 0.471. The summed E-state index contributed by atoms with van der Waals surface area (Å²) in [5, 5.41) is 3.49. The smallest absolute Gasteiger partial charge is 0.257 e. The lowest BCUT2D eigenvalue weighted by atomic mass is 10.1. The molecule has 0 spiro atoms. The number of rotatable bonds is 3. The van der Waals surface area contributed by atoms with Crippen molar-refractivity contribution < 1.29 is 5.32 Å². The van der Waals surface area contributed by atoms with Gasteiger partial charge in [-0.3, -0.25) is 4.79 Å². The Labute approximate surface area is 119 Å². The number of nitrogens with two attached hydrogens (primary N) is 1. The number of benzene rings is 1. The van der Waals surface area contributed by atoms with Crippen molar-refractivity contribution in [3.8, 4) is 0 Å². The highest BCUT2D eigenvalue weighted by molar-refractivity contribution is 5.82. The van der Waals surface area contributed by atoms with Gasteiger partial charge in [-0.05, 0) is 62.6 Å². The normalized spacial score (nSPS) is 16.1. The van der Waals surface area contributed by atoms with Gasteiger partial charge in [0.25, 0.3) is 5.56 Å². The topological polar surface area (TPSA) is 49.5 Å². The minimum Gasteiger partial charge on any atom is -0.340 e. The van der Waals surface area contributed by atoms with Crippen LogP contribution in [0.2, 0.25) is 0 Å². The van der Waals surface area contributed by atoms with Crippen LogP contribution < -0.4 is 10.9 Å². The lowest BCUT2D eigenvalue weighted by Gasteiger charge is -2.09. The van der Waals surface area contributed by atoms with E-state index in [1.54, 1.807) is 0 Å². The van der Waals surface area contributed by atoms with E-state index >= 15 is 0 Å². The molecule has 3 N–H and O–H groups in total. The highest BCUT2D eigenvalue weighted by atomic mass is 16.1. The van der Waals surface area contributed by atoms with Crippen molar-refractivity contribution in [2.45, 2.75) is 52.1 Å². The zero-order chi connectivity index (χ0) is 14.1. The Morgan fingerprint density at radius 1 is 1.20 bits per heavy atom. The van der Waals surface area contributed by atoms with Crippen LogP contribution >= 0.6 is 0 Å². The molecule has 1 aromatic heterocycles. The number of hydrogen-bond donors (Lipinski definition) is 2. The zero-order valence-corrected chi connectivity index (χ0v) is 12.3. The molecule has 1 aromatic carbocycles. The quantitative estimate of drug-likeness (QED) is 0.883. The van der Waals surface area contributed by atoms with Crippen molar-refractivity contribution in [3.63, 3.8) is 0 Å². The zero-order valence-electron chi connectivity index (χ0n) is 12.3. The molecule has 106 valence electrons. The maximum atomic E-state index is 12.2. The second-order valence-electron chi connectivity index (χ2n) is 6.15. The van der Waals surface area contributed by atoms with Gasteiger partial charge in [0.2, 0.25) is 0 Å². The first-order chi connectivity index (χ1) is 9.63. The molecule has 1 fully saturated rings. The largest absolute Gasteiger partial charge is 0.340 e. The summed E-state index contributed by atoms with van der Waals surface area (Å²) in [4.78, 5) is 15.3. The number of hydrogen-bond acceptors (Lipinski definition) is 1. The molecule has 2 aromatic rings. The molecule has 3 heteroatoms. The number of aromatic amines is 1. The number of quaternary nitrogens is 1. The van der Waals surface area contributed by atoms with Gasteiger partial charge >= 0.3 is 0 Å². The molecule has 1 aliphatic carbocycles. The summed E-state index contributed by atoms with van der Waals surface area (Å²) in [5.41, 5.74) is 4.33. The van der Waals surface area contributed by atoms with E-state index in [0.29, 0.717) is 6.04 Å². The lowest BCUT2D eigenvalue weighted by molar-refractivity contribution is -0.703. The van der Waals surface area contributed by atoms with Gasteiger partial charge in [-0.25, -0.2) is 0 Å².